The first-order valence-corrected chi connectivity index (χ1v) is 5.87. The molecule has 92 valence electrons. The van der Waals surface area contributed by atoms with Gasteiger partial charge in [-0.3, -0.25) is 9.59 Å². The molecule has 5 nitrogen and oxygen atoms in total. The largest absolute Gasteiger partial charge is 0.481 e. The normalized spacial score (nSPS) is 25.1. The van der Waals surface area contributed by atoms with Crippen molar-refractivity contribution in [1.29, 1.82) is 0 Å². The van der Waals surface area contributed by atoms with Crippen LogP contribution in [0.5, 0.6) is 0 Å². The van der Waals surface area contributed by atoms with E-state index in [0.29, 0.717) is 25.9 Å². The van der Waals surface area contributed by atoms with Crippen LogP contribution >= 0.6 is 0 Å². The van der Waals surface area contributed by atoms with Gasteiger partial charge in [-0.1, -0.05) is 12.8 Å². The fourth-order valence-corrected chi connectivity index (χ4v) is 2.19. The molecule has 0 aromatic rings. The SMILES string of the molecule is NCCCNC(=O)C1CCCCC1C(=O)O. The van der Waals surface area contributed by atoms with Gasteiger partial charge in [0.05, 0.1) is 11.8 Å². The number of nitrogens with two attached hydrogens (primary N) is 1. The molecular formula is C11H20N2O3. The Hall–Kier alpha value is -1.10. The van der Waals surface area contributed by atoms with Crippen molar-refractivity contribution in [3.05, 3.63) is 0 Å². The van der Waals surface area contributed by atoms with Gasteiger partial charge in [0.2, 0.25) is 5.91 Å². The Balaban J connectivity index is 2.47. The number of carbonyl (C=O) groups excluding carboxylic acids is 1. The topological polar surface area (TPSA) is 92.4 Å². The van der Waals surface area contributed by atoms with E-state index < -0.39 is 11.9 Å². The summed E-state index contributed by atoms with van der Waals surface area (Å²) in [5.74, 6) is -1.84. The molecular weight excluding hydrogens is 208 g/mol. The molecule has 1 fully saturated rings. The Labute approximate surface area is 95.4 Å². The Morgan fingerprint density at radius 2 is 1.88 bits per heavy atom. The van der Waals surface area contributed by atoms with Crippen molar-refractivity contribution in [3.63, 3.8) is 0 Å². The van der Waals surface area contributed by atoms with Crippen LogP contribution in [-0.4, -0.2) is 30.1 Å². The minimum absolute atomic E-state index is 0.124. The molecule has 0 radical (unpaired) electrons. The summed E-state index contributed by atoms with van der Waals surface area (Å²) < 4.78 is 0. The second-order valence-electron chi connectivity index (χ2n) is 4.27. The van der Waals surface area contributed by atoms with E-state index in [2.05, 4.69) is 5.32 Å². The van der Waals surface area contributed by atoms with Crippen molar-refractivity contribution < 1.29 is 14.7 Å². The van der Waals surface area contributed by atoms with Gasteiger partial charge in [0.25, 0.3) is 0 Å². The second-order valence-corrected chi connectivity index (χ2v) is 4.27. The van der Waals surface area contributed by atoms with Crippen molar-refractivity contribution in [2.75, 3.05) is 13.1 Å². The van der Waals surface area contributed by atoms with E-state index in [1.807, 2.05) is 0 Å². The molecule has 2 atom stereocenters. The highest BCUT2D eigenvalue weighted by Crippen LogP contribution is 2.30. The predicted octanol–water partition coefficient (Wildman–Crippen LogP) is 0.342. The lowest BCUT2D eigenvalue weighted by atomic mass is 9.79. The molecule has 1 aliphatic rings. The lowest BCUT2D eigenvalue weighted by molar-refractivity contribution is -0.148. The van der Waals surface area contributed by atoms with Gasteiger partial charge in [-0.05, 0) is 25.8 Å². The Bertz CT molecular complexity index is 256. The molecule has 1 amide bonds. The molecule has 4 N–H and O–H groups in total. The summed E-state index contributed by atoms with van der Waals surface area (Å²) in [5.41, 5.74) is 5.32. The standard InChI is InChI=1S/C11H20N2O3/c12-6-3-7-13-10(14)8-4-1-2-5-9(8)11(15)16/h8-9H,1-7,12H2,(H,13,14)(H,15,16). The van der Waals surface area contributed by atoms with Crippen LogP contribution in [0.1, 0.15) is 32.1 Å². The highest BCUT2D eigenvalue weighted by atomic mass is 16.4. The fourth-order valence-electron chi connectivity index (χ4n) is 2.19. The maximum absolute atomic E-state index is 11.8. The lowest BCUT2D eigenvalue weighted by Gasteiger charge is -2.27. The zero-order valence-corrected chi connectivity index (χ0v) is 9.45. The molecule has 0 heterocycles. The number of carboxylic acid groups (broad SMARTS) is 1. The molecule has 0 bridgehead atoms. The van der Waals surface area contributed by atoms with E-state index in [1.165, 1.54) is 0 Å². The number of hydrogen-bond donors (Lipinski definition) is 3. The van der Waals surface area contributed by atoms with Crippen LogP contribution in [0.2, 0.25) is 0 Å². The van der Waals surface area contributed by atoms with E-state index >= 15 is 0 Å². The zero-order valence-electron chi connectivity index (χ0n) is 9.45. The van der Waals surface area contributed by atoms with E-state index in [0.717, 1.165) is 19.3 Å². The maximum Gasteiger partial charge on any atom is 0.307 e. The van der Waals surface area contributed by atoms with Crippen LogP contribution < -0.4 is 11.1 Å². The summed E-state index contributed by atoms with van der Waals surface area (Å²) in [6.45, 7) is 1.07. The van der Waals surface area contributed by atoms with Crippen LogP contribution in [0.15, 0.2) is 0 Å². The summed E-state index contributed by atoms with van der Waals surface area (Å²) in [7, 11) is 0. The molecule has 0 saturated heterocycles. The smallest absolute Gasteiger partial charge is 0.307 e. The third-order valence-electron chi connectivity index (χ3n) is 3.10. The van der Waals surface area contributed by atoms with Crippen LogP contribution in [0.4, 0.5) is 0 Å². The van der Waals surface area contributed by atoms with Crippen LogP contribution in [-0.2, 0) is 9.59 Å². The number of carbonyl (C=O) groups is 2. The molecule has 0 aliphatic heterocycles. The van der Waals surface area contributed by atoms with Crippen LogP contribution in [0, 0.1) is 11.8 Å². The van der Waals surface area contributed by atoms with Gasteiger partial charge in [0, 0.05) is 6.54 Å². The monoisotopic (exact) mass is 228 g/mol. The number of rotatable bonds is 5. The van der Waals surface area contributed by atoms with Crippen LogP contribution in [0.3, 0.4) is 0 Å². The molecule has 2 unspecified atom stereocenters. The molecule has 1 rings (SSSR count). The van der Waals surface area contributed by atoms with Crippen molar-refractivity contribution in [2.45, 2.75) is 32.1 Å². The first-order chi connectivity index (χ1) is 7.66. The van der Waals surface area contributed by atoms with Gasteiger partial charge >= 0.3 is 5.97 Å². The number of carboxylic acids is 1. The second kappa shape index (κ2) is 6.48. The minimum Gasteiger partial charge on any atom is -0.481 e. The van der Waals surface area contributed by atoms with E-state index in [4.69, 9.17) is 10.8 Å². The summed E-state index contributed by atoms with van der Waals surface area (Å²) >= 11 is 0. The molecule has 0 aromatic carbocycles. The highest BCUT2D eigenvalue weighted by Gasteiger charge is 2.35. The molecule has 0 aromatic heterocycles. The van der Waals surface area contributed by atoms with Gasteiger partial charge in [0.1, 0.15) is 0 Å². The summed E-state index contributed by atoms with van der Waals surface area (Å²) in [5, 5.41) is 11.8. The van der Waals surface area contributed by atoms with E-state index in [9.17, 15) is 9.59 Å². The lowest BCUT2D eigenvalue weighted by Crippen LogP contribution is -2.40. The van der Waals surface area contributed by atoms with Crippen molar-refractivity contribution >= 4 is 11.9 Å². The zero-order chi connectivity index (χ0) is 12.0. The molecule has 16 heavy (non-hydrogen) atoms. The quantitative estimate of drug-likeness (QED) is 0.592. The highest BCUT2D eigenvalue weighted by molar-refractivity contribution is 5.84. The summed E-state index contributed by atoms with van der Waals surface area (Å²) in [4.78, 5) is 22.8. The van der Waals surface area contributed by atoms with Gasteiger partial charge in [-0.2, -0.15) is 0 Å². The summed E-state index contributed by atoms with van der Waals surface area (Å²) in [6, 6.07) is 0. The average Bonchev–Trinajstić information content (AvgIpc) is 2.29. The number of nitrogens with one attached hydrogen (secondary N) is 1. The van der Waals surface area contributed by atoms with Gasteiger partial charge in [0.15, 0.2) is 0 Å². The first-order valence-electron chi connectivity index (χ1n) is 5.87. The van der Waals surface area contributed by atoms with E-state index in [1.54, 1.807) is 0 Å². The molecule has 1 aliphatic carbocycles. The molecule has 0 spiro atoms. The predicted molar refractivity (Wildman–Crippen MR) is 59.8 cm³/mol. The number of aliphatic carboxylic acids is 1. The molecule has 5 heteroatoms. The van der Waals surface area contributed by atoms with Crippen molar-refractivity contribution in [2.24, 2.45) is 17.6 Å². The third-order valence-corrected chi connectivity index (χ3v) is 3.10. The fraction of sp³-hybridized carbons (Fsp3) is 0.818. The third kappa shape index (κ3) is 3.48. The maximum atomic E-state index is 11.8. The van der Waals surface area contributed by atoms with Crippen molar-refractivity contribution in [1.82, 2.24) is 5.32 Å². The number of hydrogen-bond acceptors (Lipinski definition) is 3. The van der Waals surface area contributed by atoms with Gasteiger partial charge in [-0.15, -0.1) is 0 Å². The van der Waals surface area contributed by atoms with Gasteiger partial charge < -0.3 is 16.2 Å². The minimum atomic E-state index is -0.848. The van der Waals surface area contributed by atoms with Gasteiger partial charge in [-0.25, -0.2) is 0 Å². The molecule has 1 saturated carbocycles. The van der Waals surface area contributed by atoms with E-state index in [-0.39, 0.29) is 11.8 Å². The first kappa shape index (κ1) is 13.0. The Morgan fingerprint density at radius 1 is 1.25 bits per heavy atom. The summed E-state index contributed by atoms with van der Waals surface area (Å²) in [6.07, 6.45) is 3.88. The average molecular weight is 228 g/mol. The Kier molecular flexibility index (Phi) is 5.25. The Morgan fingerprint density at radius 3 is 2.44 bits per heavy atom. The van der Waals surface area contributed by atoms with Crippen molar-refractivity contribution in [3.8, 4) is 0 Å². The van der Waals surface area contributed by atoms with Crippen LogP contribution in [0.25, 0.3) is 0 Å². The number of amides is 1.